The van der Waals surface area contributed by atoms with Gasteiger partial charge >= 0.3 is 0 Å². The van der Waals surface area contributed by atoms with Crippen molar-refractivity contribution >= 4 is 17.2 Å². The molecular weight excluding hydrogens is 258 g/mol. The Labute approximate surface area is 118 Å². The molecule has 2 aliphatic heterocycles. The summed E-state index contributed by atoms with van der Waals surface area (Å²) in [6.07, 6.45) is 3.35. The van der Waals surface area contributed by atoms with Gasteiger partial charge in [-0.1, -0.05) is 13.8 Å². The number of fused-ring (bicyclic) bond motifs is 2. The van der Waals surface area contributed by atoms with E-state index in [0.717, 1.165) is 37.4 Å². The molecule has 4 nitrogen and oxygen atoms in total. The van der Waals surface area contributed by atoms with Crippen molar-refractivity contribution in [1.82, 2.24) is 15.2 Å². The molecule has 104 valence electrons. The molecule has 0 radical (unpaired) electrons. The van der Waals surface area contributed by atoms with Crippen molar-refractivity contribution in [1.29, 1.82) is 0 Å². The summed E-state index contributed by atoms with van der Waals surface area (Å²) in [6, 6.07) is 0.779. The molecule has 2 bridgehead atoms. The van der Waals surface area contributed by atoms with E-state index in [2.05, 4.69) is 29.0 Å². The van der Waals surface area contributed by atoms with Crippen LogP contribution < -0.4 is 5.32 Å². The molecule has 3 rings (SSSR count). The van der Waals surface area contributed by atoms with Crippen LogP contribution in [0.2, 0.25) is 0 Å². The Morgan fingerprint density at radius 3 is 2.95 bits per heavy atom. The van der Waals surface area contributed by atoms with E-state index in [4.69, 9.17) is 0 Å². The maximum absolute atomic E-state index is 12.7. The zero-order valence-corrected chi connectivity index (χ0v) is 12.4. The van der Waals surface area contributed by atoms with Crippen molar-refractivity contribution in [2.45, 2.75) is 51.1 Å². The molecule has 1 amide bonds. The van der Waals surface area contributed by atoms with E-state index in [1.165, 1.54) is 0 Å². The molecule has 3 heterocycles. The molecule has 2 fully saturated rings. The van der Waals surface area contributed by atoms with Gasteiger partial charge in [0.05, 0.1) is 5.01 Å². The van der Waals surface area contributed by atoms with Gasteiger partial charge in [0.2, 0.25) is 0 Å². The van der Waals surface area contributed by atoms with Crippen LogP contribution in [0.15, 0.2) is 5.38 Å². The number of carbonyl (C=O) groups is 1. The third-order valence-electron chi connectivity index (χ3n) is 4.12. The van der Waals surface area contributed by atoms with Crippen LogP contribution in [0.4, 0.5) is 0 Å². The minimum atomic E-state index is 0.138. The van der Waals surface area contributed by atoms with E-state index in [-0.39, 0.29) is 5.91 Å². The lowest BCUT2D eigenvalue weighted by Crippen LogP contribution is -2.42. The highest BCUT2D eigenvalue weighted by Gasteiger charge is 2.39. The van der Waals surface area contributed by atoms with Gasteiger partial charge < -0.3 is 10.2 Å². The van der Waals surface area contributed by atoms with Crippen molar-refractivity contribution in [2.24, 2.45) is 0 Å². The second-order valence-corrected chi connectivity index (χ2v) is 6.71. The molecule has 0 saturated carbocycles. The van der Waals surface area contributed by atoms with Gasteiger partial charge in [0.25, 0.3) is 5.91 Å². The van der Waals surface area contributed by atoms with E-state index in [0.29, 0.717) is 23.7 Å². The fourth-order valence-electron chi connectivity index (χ4n) is 3.10. The topological polar surface area (TPSA) is 45.2 Å². The van der Waals surface area contributed by atoms with E-state index in [9.17, 15) is 4.79 Å². The zero-order chi connectivity index (χ0) is 13.4. The Morgan fingerprint density at radius 1 is 1.42 bits per heavy atom. The normalized spacial score (nSPS) is 26.8. The van der Waals surface area contributed by atoms with Gasteiger partial charge in [-0.15, -0.1) is 11.3 Å². The number of nitrogens with zero attached hydrogens (tertiary/aromatic N) is 2. The summed E-state index contributed by atoms with van der Waals surface area (Å²) in [5.41, 5.74) is 0.646. The lowest BCUT2D eigenvalue weighted by molar-refractivity contribution is 0.0675. The highest BCUT2D eigenvalue weighted by atomic mass is 32.1. The van der Waals surface area contributed by atoms with E-state index < -0.39 is 0 Å². The molecule has 0 aliphatic carbocycles. The summed E-state index contributed by atoms with van der Waals surface area (Å²) in [5, 5.41) is 6.41. The number of rotatable bonds is 2. The van der Waals surface area contributed by atoms with Crippen molar-refractivity contribution in [3.8, 4) is 0 Å². The Bertz CT molecular complexity index is 457. The van der Waals surface area contributed by atoms with Crippen molar-refractivity contribution in [2.75, 3.05) is 13.1 Å². The van der Waals surface area contributed by atoms with E-state index in [1.54, 1.807) is 11.3 Å². The van der Waals surface area contributed by atoms with Gasteiger partial charge in [0.15, 0.2) is 0 Å². The first kappa shape index (κ1) is 13.1. The first-order chi connectivity index (χ1) is 9.16. The number of hydrogen-bond donors (Lipinski definition) is 1. The largest absolute Gasteiger partial charge is 0.330 e. The minimum Gasteiger partial charge on any atom is -0.330 e. The van der Waals surface area contributed by atoms with Crippen LogP contribution in [0.3, 0.4) is 0 Å². The Balaban J connectivity index is 1.82. The molecular formula is C14H21N3OS. The second-order valence-electron chi connectivity index (χ2n) is 5.82. The van der Waals surface area contributed by atoms with Crippen LogP contribution in [0.25, 0.3) is 0 Å². The lowest BCUT2D eigenvalue weighted by Gasteiger charge is -2.27. The van der Waals surface area contributed by atoms with Crippen LogP contribution in [0, 0.1) is 0 Å². The summed E-state index contributed by atoms with van der Waals surface area (Å²) in [6.45, 7) is 6.20. The maximum atomic E-state index is 12.7. The van der Waals surface area contributed by atoms with Crippen LogP contribution >= 0.6 is 11.3 Å². The first-order valence-corrected chi connectivity index (χ1v) is 8.03. The fourth-order valence-corrected chi connectivity index (χ4v) is 3.91. The van der Waals surface area contributed by atoms with E-state index >= 15 is 0 Å². The molecule has 0 aromatic carbocycles. The van der Waals surface area contributed by atoms with Crippen LogP contribution in [-0.4, -0.2) is 41.0 Å². The summed E-state index contributed by atoms with van der Waals surface area (Å²) in [7, 11) is 0. The number of hydrogen-bond acceptors (Lipinski definition) is 4. The highest BCUT2D eigenvalue weighted by Crippen LogP contribution is 2.30. The van der Waals surface area contributed by atoms with Crippen LogP contribution in [0.1, 0.15) is 54.5 Å². The summed E-state index contributed by atoms with van der Waals surface area (Å²) < 4.78 is 0. The average molecular weight is 279 g/mol. The third-order valence-corrected chi connectivity index (χ3v) is 5.27. The third kappa shape index (κ3) is 2.41. The monoisotopic (exact) mass is 279 g/mol. The van der Waals surface area contributed by atoms with Gasteiger partial charge in [-0.2, -0.15) is 0 Å². The summed E-state index contributed by atoms with van der Waals surface area (Å²) in [4.78, 5) is 19.3. The average Bonchev–Trinajstić information content (AvgIpc) is 2.92. The van der Waals surface area contributed by atoms with Gasteiger partial charge in [-0.25, -0.2) is 4.98 Å². The fraction of sp³-hybridized carbons (Fsp3) is 0.714. The number of aromatic nitrogens is 1. The highest BCUT2D eigenvalue weighted by molar-refractivity contribution is 7.09. The van der Waals surface area contributed by atoms with Crippen molar-refractivity contribution in [3.05, 3.63) is 16.1 Å². The SMILES string of the molecule is CC(C)c1nc(C(=O)N2C3CCNCC2CC3)cs1. The first-order valence-electron chi connectivity index (χ1n) is 7.15. The Kier molecular flexibility index (Phi) is 3.58. The standard InChI is InChI=1S/C14H21N3OS/c1-9(2)13-16-12(8-19-13)14(18)17-10-3-4-11(17)7-15-6-5-10/h8-11,15H,3-7H2,1-2H3. The van der Waals surface area contributed by atoms with Gasteiger partial charge in [-0.3, -0.25) is 4.79 Å². The van der Waals surface area contributed by atoms with Crippen LogP contribution in [-0.2, 0) is 0 Å². The summed E-state index contributed by atoms with van der Waals surface area (Å²) in [5.74, 6) is 0.536. The molecule has 2 aliphatic rings. The zero-order valence-electron chi connectivity index (χ0n) is 11.6. The van der Waals surface area contributed by atoms with Gasteiger partial charge in [0, 0.05) is 29.9 Å². The minimum absolute atomic E-state index is 0.138. The predicted octanol–water partition coefficient (Wildman–Crippen LogP) is 2.23. The molecule has 2 unspecified atom stereocenters. The van der Waals surface area contributed by atoms with E-state index in [1.807, 2.05) is 5.38 Å². The Hall–Kier alpha value is -0.940. The Morgan fingerprint density at radius 2 is 2.21 bits per heavy atom. The molecule has 19 heavy (non-hydrogen) atoms. The van der Waals surface area contributed by atoms with Crippen molar-refractivity contribution in [3.63, 3.8) is 0 Å². The van der Waals surface area contributed by atoms with Crippen LogP contribution in [0.5, 0.6) is 0 Å². The molecule has 1 N–H and O–H groups in total. The smallest absolute Gasteiger partial charge is 0.273 e. The van der Waals surface area contributed by atoms with Gasteiger partial charge in [0.1, 0.15) is 5.69 Å². The number of nitrogens with one attached hydrogen (secondary N) is 1. The molecule has 5 heteroatoms. The number of amides is 1. The predicted molar refractivity (Wildman–Crippen MR) is 76.7 cm³/mol. The summed E-state index contributed by atoms with van der Waals surface area (Å²) >= 11 is 1.60. The second kappa shape index (κ2) is 5.21. The lowest BCUT2D eigenvalue weighted by atomic mass is 10.1. The molecule has 2 saturated heterocycles. The molecule has 2 atom stereocenters. The number of thiazole rings is 1. The number of carbonyl (C=O) groups excluding carboxylic acids is 1. The molecule has 1 aromatic rings. The maximum Gasteiger partial charge on any atom is 0.273 e. The van der Waals surface area contributed by atoms with Gasteiger partial charge in [-0.05, 0) is 25.8 Å². The van der Waals surface area contributed by atoms with Crippen molar-refractivity contribution < 1.29 is 4.79 Å². The quantitative estimate of drug-likeness (QED) is 0.903. The molecule has 0 spiro atoms. The molecule has 1 aromatic heterocycles.